The molecule has 1 amide bonds. The number of carbonyl (C=O) groups excluding carboxylic acids is 1. The van der Waals surface area contributed by atoms with Crippen LogP contribution < -0.4 is 9.80 Å². The lowest BCUT2D eigenvalue weighted by Crippen LogP contribution is -2.47. The molecule has 29 heavy (non-hydrogen) atoms. The molecule has 0 radical (unpaired) electrons. The second-order valence-electron chi connectivity index (χ2n) is 8.43. The number of aromatic nitrogens is 2. The molecular formula is C23H31N5O. The lowest BCUT2D eigenvalue weighted by molar-refractivity contribution is 0.0677. The van der Waals surface area contributed by atoms with Gasteiger partial charge < -0.3 is 14.7 Å². The first-order valence-corrected chi connectivity index (χ1v) is 10.7. The molecule has 6 heteroatoms. The first-order valence-electron chi connectivity index (χ1n) is 10.7. The summed E-state index contributed by atoms with van der Waals surface area (Å²) >= 11 is 0. The van der Waals surface area contributed by atoms with E-state index in [1.165, 1.54) is 23.2 Å². The van der Waals surface area contributed by atoms with Gasteiger partial charge in [0.1, 0.15) is 5.69 Å². The molecule has 2 saturated heterocycles. The highest BCUT2D eigenvalue weighted by atomic mass is 16.2. The Morgan fingerprint density at radius 1 is 1.03 bits per heavy atom. The molecule has 0 spiro atoms. The molecule has 2 fully saturated rings. The van der Waals surface area contributed by atoms with Crippen molar-refractivity contribution < 1.29 is 4.79 Å². The molecule has 0 N–H and O–H groups in total. The third-order valence-electron chi connectivity index (χ3n) is 6.29. The predicted octanol–water partition coefficient (Wildman–Crippen LogP) is 3.29. The summed E-state index contributed by atoms with van der Waals surface area (Å²) in [6.45, 7) is 11.8. The maximum absolute atomic E-state index is 12.9. The highest BCUT2D eigenvalue weighted by molar-refractivity contribution is 5.92. The molecule has 154 valence electrons. The fraction of sp³-hybridized carbons (Fsp3) is 0.522. The van der Waals surface area contributed by atoms with Gasteiger partial charge in [0.15, 0.2) is 0 Å². The smallest absolute Gasteiger partial charge is 0.272 e. The average molecular weight is 394 g/mol. The van der Waals surface area contributed by atoms with Crippen LogP contribution in [-0.2, 0) is 0 Å². The van der Waals surface area contributed by atoms with Crippen LogP contribution in [0.1, 0.15) is 41.4 Å². The van der Waals surface area contributed by atoms with Gasteiger partial charge in [0.05, 0.1) is 0 Å². The summed E-state index contributed by atoms with van der Waals surface area (Å²) in [5.41, 5.74) is 4.50. The molecule has 2 aromatic rings. The molecule has 4 rings (SSSR count). The van der Waals surface area contributed by atoms with Crippen molar-refractivity contribution in [3.05, 3.63) is 47.3 Å². The van der Waals surface area contributed by atoms with Crippen molar-refractivity contribution in [1.29, 1.82) is 0 Å². The Bertz CT molecular complexity index is 875. The largest absolute Gasteiger partial charge is 0.368 e. The van der Waals surface area contributed by atoms with Crippen LogP contribution in [0.5, 0.6) is 0 Å². The number of anilines is 2. The van der Waals surface area contributed by atoms with Crippen molar-refractivity contribution >= 4 is 17.5 Å². The normalized spacial score (nSPS) is 20.1. The van der Waals surface area contributed by atoms with Crippen LogP contribution >= 0.6 is 0 Å². The molecule has 0 aliphatic carbocycles. The van der Waals surface area contributed by atoms with E-state index in [2.05, 4.69) is 58.7 Å². The molecular weight excluding hydrogens is 362 g/mol. The van der Waals surface area contributed by atoms with E-state index in [-0.39, 0.29) is 5.91 Å². The standard InChI is InChI=1S/C23H31N5O/c1-17-6-5-11-28(16-17)22(29)20-9-10-24-23(25-20)27-14-12-26(13-15-27)21-8-4-7-18(2)19(21)3/h4,7-10,17H,5-6,11-16H2,1-3H3. The van der Waals surface area contributed by atoms with E-state index in [9.17, 15) is 4.79 Å². The third kappa shape index (κ3) is 4.21. The lowest BCUT2D eigenvalue weighted by atomic mass is 10.00. The molecule has 1 atom stereocenters. The number of likely N-dealkylation sites (tertiary alicyclic amines) is 1. The number of piperidine rings is 1. The number of nitrogens with zero attached hydrogens (tertiary/aromatic N) is 5. The van der Waals surface area contributed by atoms with Gasteiger partial charge in [-0.25, -0.2) is 9.97 Å². The quantitative estimate of drug-likeness (QED) is 0.801. The summed E-state index contributed by atoms with van der Waals surface area (Å²) in [4.78, 5) is 28.6. The molecule has 0 saturated carbocycles. The number of hydrogen-bond donors (Lipinski definition) is 0. The number of benzene rings is 1. The topological polar surface area (TPSA) is 52.6 Å². The van der Waals surface area contributed by atoms with Crippen LogP contribution in [0.15, 0.2) is 30.5 Å². The Morgan fingerprint density at radius 2 is 1.79 bits per heavy atom. The minimum atomic E-state index is 0.0363. The predicted molar refractivity (Wildman–Crippen MR) is 117 cm³/mol. The van der Waals surface area contributed by atoms with E-state index in [1.54, 1.807) is 12.3 Å². The Hall–Kier alpha value is -2.63. The summed E-state index contributed by atoms with van der Waals surface area (Å²) in [5.74, 6) is 1.27. The zero-order valence-electron chi connectivity index (χ0n) is 17.8. The van der Waals surface area contributed by atoms with Crippen molar-refractivity contribution in [2.45, 2.75) is 33.6 Å². The number of hydrogen-bond acceptors (Lipinski definition) is 5. The Labute approximate surface area is 173 Å². The maximum atomic E-state index is 12.9. The highest BCUT2D eigenvalue weighted by Crippen LogP contribution is 2.25. The van der Waals surface area contributed by atoms with Gasteiger partial charge in [0.2, 0.25) is 5.95 Å². The van der Waals surface area contributed by atoms with Crippen LogP contribution in [-0.4, -0.2) is 60.0 Å². The molecule has 1 aromatic carbocycles. The summed E-state index contributed by atoms with van der Waals surface area (Å²) in [6, 6.07) is 8.24. The number of rotatable bonds is 3. The first kappa shape index (κ1) is 19.7. The van der Waals surface area contributed by atoms with E-state index in [1.807, 2.05) is 4.90 Å². The fourth-order valence-electron chi connectivity index (χ4n) is 4.38. The van der Waals surface area contributed by atoms with Crippen LogP contribution in [0, 0.1) is 19.8 Å². The summed E-state index contributed by atoms with van der Waals surface area (Å²) < 4.78 is 0. The Balaban J connectivity index is 1.43. The van der Waals surface area contributed by atoms with Crippen molar-refractivity contribution in [3.8, 4) is 0 Å². The Kier molecular flexibility index (Phi) is 5.69. The summed E-state index contributed by atoms with van der Waals surface area (Å²) in [7, 11) is 0. The number of amides is 1. The summed E-state index contributed by atoms with van der Waals surface area (Å²) in [6.07, 6.45) is 3.99. The zero-order chi connectivity index (χ0) is 20.4. The summed E-state index contributed by atoms with van der Waals surface area (Å²) in [5, 5.41) is 0. The van der Waals surface area contributed by atoms with Gasteiger partial charge in [-0.15, -0.1) is 0 Å². The molecule has 2 aliphatic rings. The van der Waals surface area contributed by atoms with Gasteiger partial charge >= 0.3 is 0 Å². The highest BCUT2D eigenvalue weighted by Gasteiger charge is 2.25. The Morgan fingerprint density at radius 3 is 2.55 bits per heavy atom. The molecule has 1 aromatic heterocycles. The van der Waals surface area contributed by atoms with Crippen LogP contribution in [0.3, 0.4) is 0 Å². The molecule has 6 nitrogen and oxygen atoms in total. The number of piperazine rings is 1. The van der Waals surface area contributed by atoms with Crippen LogP contribution in [0.25, 0.3) is 0 Å². The molecule has 1 unspecified atom stereocenters. The number of carbonyl (C=O) groups is 1. The third-order valence-corrected chi connectivity index (χ3v) is 6.29. The molecule has 0 bridgehead atoms. The second-order valence-corrected chi connectivity index (χ2v) is 8.43. The fourth-order valence-corrected chi connectivity index (χ4v) is 4.38. The van der Waals surface area contributed by atoms with E-state index in [0.717, 1.165) is 45.7 Å². The van der Waals surface area contributed by atoms with Crippen molar-refractivity contribution in [3.63, 3.8) is 0 Å². The van der Waals surface area contributed by atoms with E-state index < -0.39 is 0 Å². The van der Waals surface area contributed by atoms with Crippen LogP contribution in [0.4, 0.5) is 11.6 Å². The molecule has 2 aliphatic heterocycles. The van der Waals surface area contributed by atoms with E-state index >= 15 is 0 Å². The monoisotopic (exact) mass is 393 g/mol. The van der Waals surface area contributed by atoms with Crippen molar-refractivity contribution in [2.24, 2.45) is 5.92 Å². The second kappa shape index (κ2) is 8.39. The van der Waals surface area contributed by atoms with Crippen molar-refractivity contribution in [1.82, 2.24) is 14.9 Å². The van der Waals surface area contributed by atoms with E-state index in [4.69, 9.17) is 0 Å². The van der Waals surface area contributed by atoms with Crippen LogP contribution in [0.2, 0.25) is 0 Å². The van der Waals surface area contributed by atoms with Gasteiger partial charge in [-0.1, -0.05) is 19.1 Å². The van der Waals surface area contributed by atoms with E-state index in [0.29, 0.717) is 17.6 Å². The van der Waals surface area contributed by atoms with Gasteiger partial charge in [-0.2, -0.15) is 0 Å². The lowest BCUT2D eigenvalue weighted by Gasteiger charge is -2.37. The van der Waals surface area contributed by atoms with Gasteiger partial charge in [0, 0.05) is 51.2 Å². The van der Waals surface area contributed by atoms with Gasteiger partial charge in [-0.3, -0.25) is 4.79 Å². The molecule has 3 heterocycles. The van der Waals surface area contributed by atoms with Gasteiger partial charge in [-0.05, 0) is 55.9 Å². The van der Waals surface area contributed by atoms with Gasteiger partial charge in [0.25, 0.3) is 5.91 Å². The first-order chi connectivity index (χ1) is 14.0. The SMILES string of the molecule is Cc1cccc(N2CCN(c3nccc(C(=O)N4CCCC(C)C4)n3)CC2)c1C. The average Bonchev–Trinajstić information content (AvgIpc) is 2.75. The zero-order valence-corrected chi connectivity index (χ0v) is 17.8. The maximum Gasteiger partial charge on any atom is 0.272 e. The van der Waals surface area contributed by atoms with Crippen molar-refractivity contribution in [2.75, 3.05) is 49.1 Å². The minimum absolute atomic E-state index is 0.0363. The number of aryl methyl sites for hydroxylation is 1. The minimum Gasteiger partial charge on any atom is -0.368 e.